The number of phosphoric acid groups is 1. The number of nitrogens with one attached hydrogen (secondary N) is 1. The van der Waals surface area contributed by atoms with Crippen molar-refractivity contribution in [2.75, 3.05) is 12.8 Å². The van der Waals surface area contributed by atoms with Crippen LogP contribution in [-0.2, 0) is 18.3 Å². The number of nitrogens with zero attached hydrogens (tertiary/aromatic N) is 3. The molecule has 4 atom stereocenters. The van der Waals surface area contributed by atoms with Crippen LogP contribution in [-0.4, -0.2) is 43.7 Å². The molecule has 2 unspecified atom stereocenters. The van der Waals surface area contributed by atoms with Crippen molar-refractivity contribution in [3.05, 3.63) is 16.7 Å². The van der Waals surface area contributed by atoms with Gasteiger partial charge in [-0.15, -0.1) is 0 Å². The van der Waals surface area contributed by atoms with Gasteiger partial charge in [0.15, 0.2) is 11.2 Å². The summed E-state index contributed by atoms with van der Waals surface area (Å²) in [5, 5.41) is 0. The van der Waals surface area contributed by atoms with Crippen LogP contribution in [0.25, 0.3) is 11.2 Å². The van der Waals surface area contributed by atoms with E-state index in [1.807, 2.05) is 6.92 Å². The summed E-state index contributed by atoms with van der Waals surface area (Å²) in [6.07, 6.45) is 0.631. The third kappa shape index (κ3) is 3.08. The number of H-pyrrole nitrogens is 1. The van der Waals surface area contributed by atoms with Gasteiger partial charge in [0, 0.05) is 13.5 Å². The Morgan fingerprint density at radius 1 is 1.62 bits per heavy atom. The molecule has 1 aliphatic rings. The highest BCUT2D eigenvalue weighted by Gasteiger charge is 2.40. The summed E-state index contributed by atoms with van der Waals surface area (Å²) in [5.74, 6) is -0.0358. The zero-order chi connectivity index (χ0) is 17.5. The Morgan fingerprint density at radius 2 is 2.38 bits per heavy atom. The average Bonchev–Trinajstić information content (AvgIpc) is 3.10. The number of rotatable bonds is 5. The van der Waals surface area contributed by atoms with Crippen LogP contribution >= 0.6 is 7.82 Å². The first-order chi connectivity index (χ1) is 11.3. The van der Waals surface area contributed by atoms with Gasteiger partial charge >= 0.3 is 7.82 Å². The third-order valence-corrected chi connectivity index (χ3v) is 4.84. The number of phosphoric ester groups is 1. The number of nitrogens with two attached hydrogens (primary N) is 1. The molecule has 0 amide bonds. The highest BCUT2D eigenvalue weighted by Crippen LogP contribution is 2.48. The van der Waals surface area contributed by atoms with Crippen molar-refractivity contribution in [2.45, 2.75) is 38.2 Å². The molecule has 0 saturated carbocycles. The Bertz CT molecular complexity index is 850. The summed E-state index contributed by atoms with van der Waals surface area (Å²) < 4.78 is 28.7. The lowest BCUT2D eigenvalue weighted by molar-refractivity contribution is -0.0189. The second-order valence-electron chi connectivity index (χ2n) is 5.34. The molecule has 11 nitrogen and oxygen atoms in total. The fraction of sp³-hybridized carbons (Fsp3) is 0.583. The van der Waals surface area contributed by atoms with Crippen molar-refractivity contribution >= 4 is 24.9 Å². The number of nitrogen functional groups attached to an aromatic ring is 1. The third-order valence-electron chi connectivity index (χ3n) is 3.84. The van der Waals surface area contributed by atoms with Gasteiger partial charge in [-0.2, -0.15) is 4.98 Å². The summed E-state index contributed by atoms with van der Waals surface area (Å²) in [4.78, 5) is 31.8. The Hall–Kier alpha value is -1.78. The molecular formula is C12H18N5O6P. The van der Waals surface area contributed by atoms with Crippen LogP contribution in [0, 0.1) is 0 Å². The number of hydrogen-bond acceptors (Lipinski definition) is 8. The molecule has 0 aliphatic carbocycles. The van der Waals surface area contributed by atoms with E-state index in [0.717, 1.165) is 7.11 Å². The van der Waals surface area contributed by atoms with Crippen LogP contribution in [0.2, 0.25) is 0 Å². The van der Waals surface area contributed by atoms with Crippen molar-refractivity contribution < 1.29 is 23.2 Å². The van der Waals surface area contributed by atoms with Gasteiger partial charge in [-0.05, 0) is 6.42 Å². The van der Waals surface area contributed by atoms with E-state index < -0.39 is 31.8 Å². The zero-order valence-corrected chi connectivity index (χ0v) is 14.0. The summed E-state index contributed by atoms with van der Waals surface area (Å²) in [7, 11) is -3.04. The monoisotopic (exact) mass is 359 g/mol. The molecule has 0 aromatic carbocycles. The molecule has 0 radical (unpaired) electrons. The first kappa shape index (κ1) is 17.1. The molecule has 0 bridgehead atoms. The normalized spacial score (nSPS) is 26.7. The predicted molar refractivity (Wildman–Crippen MR) is 83.1 cm³/mol. The Kier molecular flexibility index (Phi) is 4.45. The minimum absolute atomic E-state index is 0.0358. The molecular weight excluding hydrogens is 341 g/mol. The van der Waals surface area contributed by atoms with Gasteiger partial charge in [-0.25, -0.2) is 9.55 Å². The van der Waals surface area contributed by atoms with Gasteiger partial charge in [-0.3, -0.25) is 23.4 Å². The average molecular weight is 359 g/mol. The first-order valence-corrected chi connectivity index (χ1v) is 8.79. The van der Waals surface area contributed by atoms with Gasteiger partial charge in [0.1, 0.15) is 6.23 Å². The van der Waals surface area contributed by atoms with E-state index in [9.17, 15) is 14.3 Å². The fourth-order valence-electron chi connectivity index (χ4n) is 2.71. The van der Waals surface area contributed by atoms with E-state index in [2.05, 4.69) is 19.5 Å². The van der Waals surface area contributed by atoms with E-state index >= 15 is 0 Å². The summed E-state index contributed by atoms with van der Waals surface area (Å²) in [6.45, 7) is 1.87. The van der Waals surface area contributed by atoms with E-state index in [1.54, 1.807) is 4.57 Å². The summed E-state index contributed by atoms with van der Waals surface area (Å²) >= 11 is 0. The van der Waals surface area contributed by atoms with Gasteiger partial charge in [0.2, 0.25) is 5.95 Å². The quantitative estimate of drug-likeness (QED) is 0.648. The van der Waals surface area contributed by atoms with Gasteiger partial charge < -0.3 is 15.4 Å². The van der Waals surface area contributed by atoms with Crippen molar-refractivity contribution in [2.24, 2.45) is 0 Å². The van der Waals surface area contributed by atoms with Crippen molar-refractivity contribution in [3.63, 3.8) is 0 Å². The number of imidazole rings is 1. The molecule has 3 rings (SSSR count). The van der Waals surface area contributed by atoms with Crippen LogP contribution in [0.1, 0.15) is 26.0 Å². The molecule has 1 aliphatic heterocycles. The lowest BCUT2D eigenvalue weighted by atomic mass is 10.1. The minimum atomic E-state index is -4.14. The molecule has 4 N–H and O–H groups in total. The van der Waals surface area contributed by atoms with Crippen molar-refractivity contribution in [1.82, 2.24) is 19.5 Å². The smallest absolute Gasteiger partial charge is 0.369 e. The number of ether oxygens (including phenoxy) is 1. The van der Waals surface area contributed by atoms with Crippen LogP contribution < -0.4 is 11.3 Å². The van der Waals surface area contributed by atoms with E-state index in [4.69, 9.17) is 15.0 Å². The molecule has 24 heavy (non-hydrogen) atoms. The van der Waals surface area contributed by atoms with E-state index in [1.165, 1.54) is 6.33 Å². The predicted octanol–water partition coefficient (Wildman–Crippen LogP) is 0.531. The maximum Gasteiger partial charge on any atom is 0.472 e. The van der Waals surface area contributed by atoms with Crippen LogP contribution in [0.15, 0.2) is 11.1 Å². The summed E-state index contributed by atoms with van der Waals surface area (Å²) in [6, 6.07) is 0. The fourth-order valence-corrected chi connectivity index (χ4v) is 3.36. The molecule has 1 saturated heterocycles. The zero-order valence-electron chi connectivity index (χ0n) is 13.1. The maximum atomic E-state index is 11.8. The highest BCUT2D eigenvalue weighted by molar-refractivity contribution is 7.47. The SMILES string of the molecule is CC[C@H]1O[C@@H](n2cnc3c(=O)[nH]c(N)nc32)CC1OP(=O)(O)OC. The molecule has 2 aromatic rings. The van der Waals surface area contributed by atoms with Gasteiger partial charge in [0.25, 0.3) is 5.56 Å². The Morgan fingerprint density at radius 3 is 3.04 bits per heavy atom. The van der Waals surface area contributed by atoms with Gasteiger partial charge in [0.05, 0.1) is 18.5 Å². The van der Waals surface area contributed by atoms with Crippen LogP contribution in [0.4, 0.5) is 5.95 Å². The topological polar surface area (TPSA) is 155 Å². The number of aromatic amines is 1. The first-order valence-electron chi connectivity index (χ1n) is 7.29. The van der Waals surface area contributed by atoms with Gasteiger partial charge in [-0.1, -0.05) is 6.92 Å². The number of fused-ring (bicyclic) bond motifs is 1. The van der Waals surface area contributed by atoms with Crippen molar-refractivity contribution in [3.8, 4) is 0 Å². The number of hydrogen-bond donors (Lipinski definition) is 3. The molecule has 3 heterocycles. The minimum Gasteiger partial charge on any atom is -0.369 e. The standard InChI is InChI=1S/C12H18N5O6P/c1-3-6-7(23-24(19,20)21-2)4-8(22-6)17-5-14-9-10(17)15-12(13)16-11(9)18/h5-8H,3-4H2,1-2H3,(H,19,20)(H3,13,15,16,18)/t6-,7?,8-/m1/s1. The second kappa shape index (κ2) is 6.26. The largest absolute Gasteiger partial charge is 0.472 e. The van der Waals surface area contributed by atoms with Crippen molar-refractivity contribution in [1.29, 1.82) is 0 Å². The molecule has 132 valence electrons. The van der Waals surface area contributed by atoms with Crippen LogP contribution in [0.5, 0.6) is 0 Å². The Labute approximate surface area is 136 Å². The Balaban J connectivity index is 1.91. The molecule has 2 aromatic heterocycles. The van der Waals surface area contributed by atoms with E-state index in [0.29, 0.717) is 6.42 Å². The van der Waals surface area contributed by atoms with Crippen LogP contribution in [0.3, 0.4) is 0 Å². The lowest BCUT2D eigenvalue weighted by Crippen LogP contribution is -2.22. The number of aromatic nitrogens is 4. The lowest BCUT2D eigenvalue weighted by Gasteiger charge is -2.18. The molecule has 1 fully saturated rings. The highest BCUT2D eigenvalue weighted by atomic mass is 31.2. The van der Waals surface area contributed by atoms with E-state index in [-0.39, 0.29) is 23.5 Å². The number of anilines is 1. The summed E-state index contributed by atoms with van der Waals surface area (Å²) in [5.41, 5.74) is 5.53. The second-order valence-corrected chi connectivity index (χ2v) is 6.86. The molecule has 0 spiro atoms. The maximum absolute atomic E-state index is 11.8. The molecule has 12 heteroatoms.